The van der Waals surface area contributed by atoms with Crippen LogP contribution < -0.4 is 29.6 Å². The van der Waals surface area contributed by atoms with Gasteiger partial charge in [-0.3, -0.25) is 6.58 Å². The molecule has 1 heterocycles. The van der Waals surface area contributed by atoms with Gasteiger partial charge in [-0.15, -0.1) is 11.6 Å². The molecule has 0 unspecified atom stereocenters. The molecule has 60 valence electrons. The van der Waals surface area contributed by atoms with Gasteiger partial charge in [0, 0.05) is 5.39 Å². The van der Waals surface area contributed by atoms with Crippen molar-refractivity contribution < 1.29 is 39.1 Å². The summed E-state index contributed by atoms with van der Waals surface area (Å²) in [6.07, 6.45) is 2.90. The first-order valence-corrected chi connectivity index (χ1v) is 3.57. The number of phenols is 1. The van der Waals surface area contributed by atoms with Crippen LogP contribution in [-0.2, 0) is 0 Å². The average Bonchev–Trinajstić information content (AvgIpc) is 2.53. The van der Waals surface area contributed by atoms with Gasteiger partial charge in [0.1, 0.15) is 5.58 Å². The van der Waals surface area contributed by atoms with Gasteiger partial charge in [0.25, 0.3) is 0 Å². The molecular weight excluding hydrogens is 175 g/mol. The minimum absolute atomic E-state index is 0. The number of hydrogen-bond donors (Lipinski definition) is 1. The Bertz CT molecular complexity index is 431. The van der Waals surface area contributed by atoms with Gasteiger partial charge < -0.3 is 9.52 Å². The molecule has 2 aromatic rings. The molecule has 0 spiro atoms. The molecule has 2 rings (SSSR count). The molecule has 0 aliphatic heterocycles. The number of fused-ring (bicyclic) bond motifs is 1. The molecule has 0 aliphatic rings. The molecule has 0 aliphatic carbocycles. The van der Waals surface area contributed by atoms with E-state index < -0.39 is 0 Å². The zero-order valence-electron chi connectivity index (χ0n) is 7.32. The first-order valence-electron chi connectivity index (χ1n) is 3.57. The standard InChI is InChI=1S/C10H7O2.Na/c1-2-7-3-4-9-8(10(7)11)5-6-12-9;/h1-6,11H;/q-1;+1. The SMILES string of the molecule is [CH-]=Cc1ccc2occc2c1O.[Na+]. The minimum atomic E-state index is 0. The largest absolute Gasteiger partial charge is 1.00 e. The first-order chi connectivity index (χ1) is 5.83. The molecule has 1 aromatic carbocycles. The summed E-state index contributed by atoms with van der Waals surface area (Å²) >= 11 is 0. The van der Waals surface area contributed by atoms with Crippen molar-refractivity contribution in [1.82, 2.24) is 0 Å². The monoisotopic (exact) mass is 182 g/mol. The van der Waals surface area contributed by atoms with Gasteiger partial charge in [0.15, 0.2) is 0 Å². The van der Waals surface area contributed by atoms with E-state index in [-0.39, 0.29) is 35.3 Å². The van der Waals surface area contributed by atoms with Crippen LogP contribution in [0.3, 0.4) is 0 Å². The van der Waals surface area contributed by atoms with Crippen LogP contribution in [0.5, 0.6) is 5.75 Å². The summed E-state index contributed by atoms with van der Waals surface area (Å²) in [6, 6.07) is 5.19. The Morgan fingerprint density at radius 2 is 2.08 bits per heavy atom. The van der Waals surface area contributed by atoms with Gasteiger partial charge in [-0.25, -0.2) is 6.08 Å². The molecule has 0 atom stereocenters. The molecular formula is C10H7NaO2. The maximum atomic E-state index is 9.57. The molecule has 0 radical (unpaired) electrons. The Labute approximate surface area is 98.2 Å². The third-order valence-corrected chi connectivity index (χ3v) is 1.82. The van der Waals surface area contributed by atoms with E-state index >= 15 is 0 Å². The fraction of sp³-hybridized carbons (Fsp3) is 0. The summed E-state index contributed by atoms with van der Waals surface area (Å²) in [5, 5.41) is 10.3. The zero-order valence-corrected chi connectivity index (χ0v) is 9.32. The van der Waals surface area contributed by atoms with Crippen molar-refractivity contribution in [2.24, 2.45) is 0 Å². The number of aromatic hydroxyl groups is 1. The second-order valence-corrected chi connectivity index (χ2v) is 2.50. The van der Waals surface area contributed by atoms with Crippen molar-refractivity contribution in [2.45, 2.75) is 0 Å². The van der Waals surface area contributed by atoms with Gasteiger partial charge in [0.2, 0.25) is 0 Å². The normalized spacial score (nSPS) is 9.54. The molecule has 0 saturated heterocycles. The number of phenolic OH excluding ortho intramolecular Hbond substituents is 1. The molecule has 13 heavy (non-hydrogen) atoms. The number of benzene rings is 1. The van der Waals surface area contributed by atoms with Gasteiger partial charge >= 0.3 is 29.6 Å². The van der Waals surface area contributed by atoms with E-state index in [1.165, 1.54) is 12.3 Å². The van der Waals surface area contributed by atoms with Gasteiger partial charge in [-0.1, -0.05) is 0 Å². The number of furan rings is 1. The Morgan fingerprint density at radius 1 is 1.31 bits per heavy atom. The van der Waals surface area contributed by atoms with E-state index in [9.17, 15) is 5.11 Å². The predicted molar refractivity (Wildman–Crippen MR) is 46.6 cm³/mol. The van der Waals surface area contributed by atoms with Crippen molar-refractivity contribution in [3.8, 4) is 5.75 Å². The van der Waals surface area contributed by atoms with E-state index in [4.69, 9.17) is 11.0 Å². The molecule has 0 saturated carbocycles. The van der Waals surface area contributed by atoms with Gasteiger partial charge in [-0.2, -0.15) is 0 Å². The van der Waals surface area contributed by atoms with E-state index in [0.29, 0.717) is 16.5 Å². The van der Waals surface area contributed by atoms with E-state index in [0.717, 1.165) is 0 Å². The van der Waals surface area contributed by atoms with Crippen LogP contribution in [0.15, 0.2) is 28.9 Å². The minimum Gasteiger partial charge on any atom is -0.525 e. The van der Waals surface area contributed by atoms with Crippen molar-refractivity contribution in [1.29, 1.82) is 0 Å². The summed E-state index contributed by atoms with van der Waals surface area (Å²) in [5.74, 6) is 0.170. The van der Waals surface area contributed by atoms with Crippen molar-refractivity contribution in [2.75, 3.05) is 0 Å². The Balaban J connectivity index is 0.000000845. The third kappa shape index (κ3) is 1.66. The number of hydrogen-bond acceptors (Lipinski definition) is 2. The number of rotatable bonds is 1. The van der Waals surface area contributed by atoms with E-state index in [1.807, 2.05) is 0 Å². The van der Waals surface area contributed by atoms with Crippen molar-refractivity contribution in [3.63, 3.8) is 0 Å². The molecule has 1 N–H and O–H groups in total. The van der Waals surface area contributed by atoms with E-state index in [1.54, 1.807) is 18.2 Å². The van der Waals surface area contributed by atoms with Crippen molar-refractivity contribution in [3.05, 3.63) is 36.6 Å². The van der Waals surface area contributed by atoms with Crippen LogP contribution in [0.25, 0.3) is 17.0 Å². The summed E-state index contributed by atoms with van der Waals surface area (Å²) in [4.78, 5) is 0. The maximum absolute atomic E-state index is 9.57. The van der Waals surface area contributed by atoms with Crippen LogP contribution in [0.1, 0.15) is 5.56 Å². The Morgan fingerprint density at radius 3 is 2.77 bits per heavy atom. The van der Waals surface area contributed by atoms with Crippen LogP contribution in [0, 0.1) is 6.58 Å². The molecule has 3 heteroatoms. The molecule has 2 nitrogen and oxygen atoms in total. The van der Waals surface area contributed by atoms with Crippen LogP contribution in [0.4, 0.5) is 0 Å². The summed E-state index contributed by atoms with van der Waals surface area (Å²) < 4.78 is 5.08. The zero-order chi connectivity index (χ0) is 8.55. The van der Waals surface area contributed by atoms with Gasteiger partial charge in [0.05, 0.1) is 12.0 Å². The maximum Gasteiger partial charge on any atom is 1.00 e. The van der Waals surface area contributed by atoms with Gasteiger partial charge in [-0.05, 0) is 12.1 Å². The summed E-state index contributed by atoms with van der Waals surface area (Å²) in [7, 11) is 0. The fourth-order valence-corrected chi connectivity index (χ4v) is 1.18. The second kappa shape index (κ2) is 4.01. The quantitative estimate of drug-likeness (QED) is 0.480. The van der Waals surface area contributed by atoms with Crippen molar-refractivity contribution >= 4 is 17.0 Å². The first kappa shape index (κ1) is 10.4. The summed E-state index contributed by atoms with van der Waals surface area (Å²) in [5.41, 5.74) is 1.28. The topological polar surface area (TPSA) is 33.4 Å². The van der Waals surface area contributed by atoms with E-state index in [2.05, 4.69) is 0 Å². The third-order valence-electron chi connectivity index (χ3n) is 1.82. The second-order valence-electron chi connectivity index (χ2n) is 2.50. The molecule has 0 fully saturated rings. The predicted octanol–water partition coefficient (Wildman–Crippen LogP) is -0.411. The molecule has 0 amide bonds. The smallest absolute Gasteiger partial charge is 0.525 e. The van der Waals surface area contributed by atoms with Crippen LogP contribution in [-0.4, -0.2) is 5.11 Å². The average molecular weight is 182 g/mol. The Kier molecular flexibility index (Phi) is 3.20. The summed E-state index contributed by atoms with van der Waals surface area (Å²) in [6.45, 7) is 5.29. The molecule has 1 aromatic heterocycles. The van der Waals surface area contributed by atoms with Crippen LogP contribution in [0.2, 0.25) is 0 Å². The van der Waals surface area contributed by atoms with Crippen LogP contribution >= 0.6 is 0 Å². The Hall–Kier alpha value is -0.700. The fourth-order valence-electron chi connectivity index (χ4n) is 1.18. The molecule has 0 bridgehead atoms.